The number of nitrogens with zero attached hydrogens (tertiary/aromatic N) is 2. The number of piperidine rings is 3. The van der Waals surface area contributed by atoms with Gasteiger partial charge < -0.3 is 9.47 Å². The van der Waals surface area contributed by atoms with Gasteiger partial charge in [0.2, 0.25) is 0 Å². The minimum Gasteiger partial charge on any atom is -0.497 e. The Balaban J connectivity index is 1.71. The van der Waals surface area contributed by atoms with Crippen molar-refractivity contribution in [1.82, 2.24) is 9.88 Å². The highest BCUT2D eigenvalue weighted by atomic mass is 16.5. The second-order valence-corrected chi connectivity index (χ2v) is 7.45. The number of aromatic nitrogens is 1. The number of rotatable bonds is 5. The van der Waals surface area contributed by atoms with E-state index in [0.717, 1.165) is 28.5 Å². The van der Waals surface area contributed by atoms with E-state index in [0.29, 0.717) is 6.04 Å². The minimum absolute atomic E-state index is 0.0817. The van der Waals surface area contributed by atoms with Crippen molar-refractivity contribution in [3.8, 4) is 5.75 Å². The van der Waals surface area contributed by atoms with E-state index >= 15 is 0 Å². The molecule has 5 rings (SSSR count). The van der Waals surface area contributed by atoms with Crippen LogP contribution in [0, 0.1) is 11.8 Å². The molecule has 0 aliphatic carbocycles. The summed E-state index contributed by atoms with van der Waals surface area (Å²) in [5, 5.41) is 1.14. The first-order chi connectivity index (χ1) is 12.2. The minimum atomic E-state index is 0.0817. The lowest BCUT2D eigenvalue weighted by molar-refractivity contribution is -0.0698. The zero-order valence-corrected chi connectivity index (χ0v) is 15.4. The van der Waals surface area contributed by atoms with Gasteiger partial charge in [0.15, 0.2) is 0 Å². The largest absolute Gasteiger partial charge is 0.497 e. The molecule has 3 aliphatic rings. The average Bonchev–Trinajstić information content (AvgIpc) is 2.68. The van der Waals surface area contributed by atoms with Gasteiger partial charge in [0.25, 0.3) is 0 Å². The van der Waals surface area contributed by atoms with Crippen LogP contribution >= 0.6 is 0 Å². The molecule has 3 fully saturated rings. The first-order valence-electron chi connectivity index (χ1n) is 9.44. The van der Waals surface area contributed by atoms with Gasteiger partial charge in [-0.05, 0) is 61.1 Å². The highest BCUT2D eigenvalue weighted by Crippen LogP contribution is 2.43. The van der Waals surface area contributed by atoms with Gasteiger partial charge in [-0.3, -0.25) is 9.88 Å². The van der Waals surface area contributed by atoms with Crippen molar-refractivity contribution in [3.63, 3.8) is 0 Å². The van der Waals surface area contributed by atoms with Gasteiger partial charge in [0, 0.05) is 31.3 Å². The average molecular weight is 340 g/mol. The first-order valence-corrected chi connectivity index (χ1v) is 9.44. The van der Waals surface area contributed by atoms with Crippen LogP contribution in [0.4, 0.5) is 0 Å². The molecule has 134 valence electrons. The molecule has 0 saturated carbocycles. The molecule has 2 aromatic rings. The third kappa shape index (κ3) is 2.91. The van der Waals surface area contributed by atoms with Gasteiger partial charge >= 0.3 is 0 Å². The topological polar surface area (TPSA) is 34.6 Å². The van der Waals surface area contributed by atoms with E-state index in [-0.39, 0.29) is 6.10 Å². The van der Waals surface area contributed by atoms with Gasteiger partial charge in [-0.2, -0.15) is 0 Å². The zero-order chi connectivity index (χ0) is 17.4. The number of hydrogen-bond acceptors (Lipinski definition) is 4. The van der Waals surface area contributed by atoms with Crippen molar-refractivity contribution in [2.24, 2.45) is 11.8 Å². The maximum absolute atomic E-state index is 6.07. The summed E-state index contributed by atoms with van der Waals surface area (Å²) in [7, 11) is 3.56. The summed E-state index contributed by atoms with van der Waals surface area (Å²) in [5.74, 6) is 2.57. The molecule has 4 heterocycles. The van der Waals surface area contributed by atoms with E-state index < -0.39 is 0 Å². The van der Waals surface area contributed by atoms with E-state index in [1.165, 1.54) is 37.9 Å². The van der Waals surface area contributed by atoms with Crippen LogP contribution < -0.4 is 4.74 Å². The van der Waals surface area contributed by atoms with Crippen LogP contribution in [-0.2, 0) is 4.74 Å². The zero-order valence-electron chi connectivity index (χ0n) is 15.4. The molecule has 25 heavy (non-hydrogen) atoms. The predicted molar refractivity (Wildman–Crippen MR) is 99.9 cm³/mol. The monoisotopic (exact) mass is 340 g/mol. The summed E-state index contributed by atoms with van der Waals surface area (Å²) in [6.45, 7) is 4.76. The third-order valence-electron chi connectivity index (χ3n) is 6.35. The van der Waals surface area contributed by atoms with Crippen molar-refractivity contribution in [1.29, 1.82) is 0 Å². The quantitative estimate of drug-likeness (QED) is 0.822. The fourth-order valence-electron chi connectivity index (χ4n) is 4.97. The fraction of sp³-hybridized carbons (Fsp3) is 0.571. The number of fused-ring (bicyclic) bond motifs is 4. The number of methoxy groups -OCH3 is 2. The van der Waals surface area contributed by atoms with Gasteiger partial charge in [-0.15, -0.1) is 0 Å². The summed E-state index contributed by atoms with van der Waals surface area (Å²) >= 11 is 0. The second-order valence-electron chi connectivity index (χ2n) is 7.45. The Hall–Kier alpha value is -1.65. The van der Waals surface area contributed by atoms with E-state index in [1.54, 1.807) is 7.11 Å². The first kappa shape index (κ1) is 16.8. The SMILES string of the molecule is CC[C@H]1CN2CC[C@H]1C[C@@H]2[C@@H](OC)c1ccnc2ccc(OC)cc12. The van der Waals surface area contributed by atoms with Crippen molar-refractivity contribution in [2.75, 3.05) is 27.3 Å². The molecule has 1 unspecified atom stereocenters. The van der Waals surface area contributed by atoms with Crippen LogP contribution in [0.1, 0.15) is 37.9 Å². The molecule has 2 bridgehead atoms. The lowest BCUT2D eigenvalue weighted by Gasteiger charge is -2.52. The number of ether oxygens (including phenoxy) is 2. The molecule has 1 aromatic heterocycles. The Morgan fingerprint density at radius 1 is 1.28 bits per heavy atom. The van der Waals surface area contributed by atoms with E-state index in [9.17, 15) is 0 Å². The number of pyridine rings is 1. The molecule has 1 aromatic carbocycles. The molecule has 0 spiro atoms. The van der Waals surface area contributed by atoms with Gasteiger partial charge in [-0.1, -0.05) is 13.3 Å². The molecule has 3 saturated heterocycles. The predicted octanol–water partition coefficient (Wildman–Crippen LogP) is 4.05. The smallest absolute Gasteiger partial charge is 0.119 e. The molecule has 0 amide bonds. The number of benzene rings is 1. The summed E-state index contributed by atoms with van der Waals surface area (Å²) in [6, 6.07) is 8.68. The highest BCUT2D eigenvalue weighted by Gasteiger charge is 2.43. The Morgan fingerprint density at radius 2 is 2.16 bits per heavy atom. The number of hydrogen-bond donors (Lipinski definition) is 0. The van der Waals surface area contributed by atoms with Crippen LogP contribution in [-0.4, -0.2) is 43.2 Å². The van der Waals surface area contributed by atoms with Crippen LogP contribution in [0.5, 0.6) is 5.75 Å². The lowest BCUT2D eigenvalue weighted by atomic mass is 9.72. The van der Waals surface area contributed by atoms with Crippen LogP contribution in [0.15, 0.2) is 30.5 Å². The summed E-state index contributed by atoms with van der Waals surface area (Å²) < 4.78 is 11.5. The summed E-state index contributed by atoms with van der Waals surface area (Å²) in [6.07, 6.45) is 5.86. The van der Waals surface area contributed by atoms with Crippen molar-refractivity contribution in [3.05, 3.63) is 36.0 Å². The molecule has 5 atom stereocenters. The van der Waals surface area contributed by atoms with E-state index in [4.69, 9.17) is 9.47 Å². The highest BCUT2D eigenvalue weighted by molar-refractivity contribution is 5.84. The van der Waals surface area contributed by atoms with Gasteiger partial charge in [0.1, 0.15) is 5.75 Å². The summed E-state index contributed by atoms with van der Waals surface area (Å²) in [4.78, 5) is 7.19. The van der Waals surface area contributed by atoms with Gasteiger partial charge in [-0.25, -0.2) is 0 Å². The fourth-order valence-corrected chi connectivity index (χ4v) is 4.97. The van der Waals surface area contributed by atoms with Crippen molar-refractivity contribution < 1.29 is 9.47 Å². The maximum atomic E-state index is 6.07. The Bertz CT molecular complexity index is 748. The van der Waals surface area contributed by atoms with Crippen LogP contribution in [0.3, 0.4) is 0 Å². The molecule has 4 nitrogen and oxygen atoms in total. The van der Waals surface area contributed by atoms with Gasteiger partial charge in [0.05, 0.1) is 18.7 Å². The van der Waals surface area contributed by atoms with Crippen LogP contribution in [0.2, 0.25) is 0 Å². The van der Waals surface area contributed by atoms with Crippen LogP contribution in [0.25, 0.3) is 10.9 Å². The third-order valence-corrected chi connectivity index (χ3v) is 6.35. The molecule has 0 radical (unpaired) electrons. The molecule has 4 heteroatoms. The normalized spacial score (nSPS) is 29.7. The van der Waals surface area contributed by atoms with E-state index in [2.05, 4.69) is 28.9 Å². The standard InChI is InChI=1S/C21H28N2O2/c1-4-14-13-23-10-8-15(14)11-20(23)21(25-3)17-7-9-22-19-6-5-16(24-2)12-18(17)19/h5-7,9,12,14-15,20-21H,4,8,10-11,13H2,1-3H3/t14-,15-,20+,21-/m0/s1. The molecule has 0 N–H and O–H groups in total. The molecular formula is C21H28N2O2. The van der Waals surface area contributed by atoms with Crippen molar-refractivity contribution >= 4 is 10.9 Å². The Morgan fingerprint density at radius 3 is 2.84 bits per heavy atom. The molecule has 3 aliphatic heterocycles. The lowest BCUT2D eigenvalue weighted by Crippen LogP contribution is -2.55. The summed E-state index contributed by atoms with van der Waals surface area (Å²) in [5.41, 5.74) is 2.24. The maximum Gasteiger partial charge on any atom is 0.119 e. The Labute approximate surface area is 150 Å². The van der Waals surface area contributed by atoms with E-state index in [1.807, 2.05) is 25.4 Å². The molecular weight excluding hydrogens is 312 g/mol. The van der Waals surface area contributed by atoms with Crippen molar-refractivity contribution in [2.45, 2.75) is 38.3 Å². The second kappa shape index (κ2) is 6.93. The Kier molecular flexibility index (Phi) is 4.65.